The van der Waals surface area contributed by atoms with Gasteiger partial charge in [0.05, 0.1) is 15.1 Å². The minimum atomic E-state index is -0.416. The molecular formula is C17H19N3O3S. The number of carbonyl (C=O) groups is 1. The zero-order chi connectivity index (χ0) is 17.1. The Morgan fingerprint density at radius 2 is 2.17 bits per heavy atom. The summed E-state index contributed by atoms with van der Waals surface area (Å²) in [5.41, 5.74) is 0.875. The third kappa shape index (κ3) is 3.31. The number of carbonyl (C=O) groups excluding carboxylic acids is 1. The van der Waals surface area contributed by atoms with Gasteiger partial charge in [-0.3, -0.25) is 14.9 Å². The third-order valence-electron chi connectivity index (χ3n) is 4.35. The molecule has 0 bridgehead atoms. The molecule has 0 spiro atoms. The molecule has 3 rings (SSSR count). The Kier molecular flexibility index (Phi) is 4.89. The second kappa shape index (κ2) is 7.09. The fourth-order valence-corrected chi connectivity index (χ4v) is 4.18. The zero-order valence-corrected chi connectivity index (χ0v) is 14.1. The van der Waals surface area contributed by atoms with E-state index < -0.39 is 4.92 Å². The van der Waals surface area contributed by atoms with Crippen LogP contribution in [-0.4, -0.2) is 15.4 Å². The summed E-state index contributed by atoms with van der Waals surface area (Å²) in [4.78, 5) is 27.9. The van der Waals surface area contributed by atoms with Crippen molar-refractivity contribution >= 4 is 33.1 Å². The fraction of sp³-hybridized carbons (Fsp3) is 0.412. The number of non-ortho nitro benzene ring substituents is 1. The standard InChI is InChI=1S/C17H19N3O3S/c1-2-10-19-14-9-8-13(20(22)23)11-15(14)24-17(19)18-16(21)12-6-4-3-5-7-12/h2,8-9,11-12H,1,3-7,10H2. The summed E-state index contributed by atoms with van der Waals surface area (Å²) in [6.45, 7) is 4.26. The van der Waals surface area contributed by atoms with Gasteiger partial charge in [0.1, 0.15) is 0 Å². The predicted molar refractivity (Wildman–Crippen MR) is 93.8 cm³/mol. The van der Waals surface area contributed by atoms with E-state index in [0.29, 0.717) is 11.3 Å². The maximum absolute atomic E-state index is 12.5. The van der Waals surface area contributed by atoms with E-state index >= 15 is 0 Å². The summed E-state index contributed by atoms with van der Waals surface area (Å²) in [6.07, 6.45) is 6.89. The molecule has 2 aromatic rings. The molecule has 0 radical (unpaired) electrons. The molecule has 1 amide bonds. The molecule has 0 atom stereocenters. The van der Waals surface area contributed by atoms with Crippen molar-refractivity contribution in [2.24, 2.45) is 10.9 Å². The van der Waals surface area contributed by atoms with E-state index in [4.69, 9.17) is 0 Å². The molecule has 6 nitrogen and oxygen atoms in total. The first-order chi connectivity index (χ1) is 11.6. The highest BCUT2D eigenvalue weighted by molar-refractivity contribution is 7.16. The van der Waals surface area contributed by atoms with Crippen LogP contribution in [0.1, 0.15) is 32.1 Å². The van der Waals surface area contributed by atoms with Crippen molar-refractivity contribution < 1.29 is 9.72 Å². The Bertz CT molecular complexity index is 860. The van der Waals surface area contributed by atoms with E-state index in [1.165, 1.54) is 29.9 Å². The largest absolute Gasteiger partial charge is 0.312 e. The molecule has 0 N–H and O–H groups in total. The Morgan fingerprint density at radius 1 is 1.42 bits per heavy atom. The quantitative estimate of drug-likeness (QED) is 0.480. The lowest BCUT2D eigenvalue weighted by atomic mass is 9.89. The van der Waals surface area contributed by atoms with Gasteiger partial charge in [-0.25, -0.2) is 0 Å². The molecule has 1 aliphatic carbocycles. The van der Waals surface area contributed by atoms with E-state index in [1.807, 2.05) is 4.57 Å². The minimum absolute atomic E-state index is 0.00970. The van der Waals surface area contributed by atoms with Gasteiger partial charge in [-0.1, -0.05) is 36.7 Å². The van der Waals surface area contributed by atoms with E-state index in [1.54, 1.807) is 12.1 Å². The summed E-state index contributed by atoms with van der Waals surface area (Å²) in [7, 11) is 0. The highest BCUT2D eigenvalue weighted by Crippen LogP contribution is 2.26. The van der Waals surface area contributed by atoms with Gasteiger partial charge in [0.15, 0.2) is 4.80 Å². The number of thiazole rings is 1. The predicted octanol–water partition coefficient (Wildman–Crippen LogP) is 3.80. The van der Waals surface area contributed by atoms with E-state index in [9.17, 15) is 14.9 Å². The number of allylic oxidation sites excluding steroid dienone is 1. The number of aromatic nitrogens is 1. The molecular weight excluding hydrogens is 326 g/mol. The number of hydrogen-bond donors (Lipinski definition) is 0. The van der Waals surface area contributed by atoms with Crippen LogP contribution in [-0.2, 0) is 11.3 Å². The topological polar surface area (TPSA) is 77.5 Å². The first-order valence-corrected chi connectivity index (χ1v) is 8.89. The van der Waals surface area contributed by atoms with Crippen LogP contribution < -0.4 is 4.80 Å². The molecule has 1 aliphatic rings. The number of rotatable bonds is 4. The maximum Gasteiger partial charge on any atom is 0.270 e. The van der Waals surface area contributed by atoms with Crippen LogP contribution in [0.4, 0.5) is 5.69 Å². The van der Waals surface area contributed by atoms with E-state index in [0.717, 1.165) is 35.9 Å². The number of hydrogen-bond acceptors (Lipinski definition) is 4. The Morgan fingerprint density at radius 3 is 2.83 bits per heavy atom. The highest BCUT2D eigenvalue weighted by Gasteiger charge is 2.21. The van der Waals surface area contributed by atoms with Crippen molar-refractivity contribution in [3.05, 3.63) is 45.8 Å². The maximum atomic E-state index is 12.5. The summed E-state index contributed by atoms with van der Waals surface area (Å²) in [5, 5.41) is 11.0. The SMILES string of the molecule is C=CCn1c(=NC(=O)C2CCCCC2)sc2cc([N+](=O)[O-])ccc21. The molecule has 1 fully saturated rings. The van der Waals surface area contributed by atoms with Crippen molar-refractivity contribution in [3.8, 4) is 0 Å². The van der Waals surface area contributed by atoms with E-state index in [2.05, 4.69) is 11.6 Å². The second-order valence-electron chi connectivity index (χ2n) is 5.98. The second-order valence-corrected chi connectivity index (χ2v) is 6.99. The monoisotopic (exact) mass is 345 g/mol. The van der Waals surface area contributed by atoms with Crippen LogP contribution in [0.3, 0.4) is 0 Å². The molecule has 24 heavy (non-hydrogen) atoms. The molecule has 1 heterocycles. The van der Waals surface area contributed by atoms with Crippen LogP contribution >= 0.6 is 11.3 Å². The average Bonchev–Trinajstić information content (AvgIpc) is 2.92. The Hall–Kier alpha value is -2.28. The lowest BCUT2D eigenvalue weighted by molar-refractivity contribution is -0.384. The summed E-state index contributed by atoms with van der Waals surface area (Å²) in [6, 6.07) is 4.71. The first-order valence-electron chi connectivity index (χ1n) is 8.07. The summed E-state index contributed by atoms with van der Waals surface area (Å²) >= 11 is 1.31. The molecule has 1 aromatic heterocycles. The molecule has 0 saturated heterocycles. The smallest absolute Gasteiger partial charge is 0.270 e. The normalized spacial score (nSPS) is 16.4. The van der Waals surface area contributed by atoms with Crippen LogP contribution in [0, 0.1) is 16.0 Å². The van der Waals surface area contributed by atoms with Crippen molar-refractivity contribution in [2.45, 2.75) is 38.6 Å². The van der Waals surface area contributed by atoms with Gasteiger partial charge in [0.2, 0.25) is 0 Å². The number of nitrogens with zero attached hydrogens (tertiary/aromatic N) is 3. The van der Waals surface area contributed by atoms with Crippen molar-refractivity contribution in [1.82, 2.24) is 4.57 Å². The minimum Gasteiger partial charge on any atom is -0.312 e. The van der Waals surface area contributed by atoms with Gasteiger partial charge in [0, 0.05) is 24.6 Å². The molecule has 1 saturated carbocycles. The van der Waals surface area contributed by atoms with Crippen LogP contribution in [0.15, 0.2) is 35.8 Å². The first kappa shape index (κ1) is 16.6. The van der Waals surface area contributed by atoms with Gasteiger partial charge < -0.3 is 4.57 Å². The third-order valence-corrected chi connectivity index (χ3v) is 5.39. The van der Waals surface area contributed by atoms with Gasteiger partial charge in [-0.15, -0.1) is 6.58 Å². The summed E-state index contributed by atoms with van der Waals surface area (Å²) in [5.74, 6) is -0.0657. The van der Waals surface area contributed by atoms with Crippen LogP contribution in [0.2, 0.25) is 0 Å². The van der Waals surface area contributed by atoms with Gasteiger partial charge in [0.25, 0.3) is 11.6 Å². The average molecular weight is 345 g/mol. The Balaban J connectivity index is 2.06. The molecule has 7 heteroatoms. The van der Waals surface area contributed by atoms with Gasteiger partial charge in [-0.2, -0.15) is 4.99 Å². The zero-order valence-electron chi connectivity index (χ0n) is 13.3. The van der Waals surface area contributed by atoms with Crippen molar-refractivity contribution in [1.29, 1.82) is 0 Å². The molecule has 1 aromatic carbocycles. The van der Waals surface area contributed by atoms with Crippen LogP contribution in [0.25, 0.3) is 10.2 Å². The Labute approximate surface area is 143 Å². The number of nitro benzene ring substituents is 1. The van der Waals surface area contributed by atoms with Crippen LogP contribution in [0.5, 0.6) is 0 Å². The lowest BCUT2D eigenvalue weighted by Gasteiger charge is -2.17. The van der Waals surface area contributed by atoms with E-state index in [-0.39, 0.29) is 17.5 Å². The van der Waals surface area contributed by atoms with Gasteiger partial charge >= 0.3 is 0 Å². The summed E-state index contributed by atoms with van der Waals surface area (Å²) < 4.78 is 2.64. The van der Waals surface area contributed by atoms with Crippen molar-refractivity contribution in [2.75, 3.05) is 0 Å². The number of benzene rings is 1. The molecule has 0 aliphatic heterocycles. The fourth-order valence-electron chi connectivity index (χ4n) is 3.10. The molecule has 0 unspecified atom stereocenters. The van der Waals surface area contributed by atoms with Gasteiger partial charge in [-0.05, 0) is 18.9 Å². The van der Waals surface area contributed by atoms with Crippen molar-refractivity contribution in [3.63, 3.8) is 0 Å². The lowest BCUT2D eigenvalue weighted by Crippen LogP contribution is -2.21. The molecule has 126 valence electrons. The highest BCUT2D eigenvalue weighted by atomic mass is 32.1. The number of amides is 1. The number of nitro groups is 1. The number of fused-ring (bicyclic) bond motifs is 1.